The van der Waals surface area contributed by atoms with Crippen molar-refractivity contribution in [2.75, 3.05) is 0 Å². The molecule has 0 bridgehead atoms. The predicted octanol–water partition coefficient (Wildman–Crippen LogP) is -0.247. The number of aromatic nitrogens is 1. The molecule has 0 aliphatic heterocycles. The van der Waals surface area contributed by atoms with Gasteiger partial charge in [0.25, 0.3) is 0 Å². The van der Waals surface area contributed by atoms with Gasteiger partial charge in [-0.3, -0.25) is 0 Å². The Morgan fingerprint density at radius 3 is 2.60 bits per heavy atom. The quantitative estimate of drug-likeness (QED) is 0.599. The van der Waals surface area contributed by atoms with Gasteiger partial charge in [0.1, 0.15) is 0 Å². The van der Waals surface area contributed by atoms with Crippen molar-refractivity contribution in [3.8, 4) is 0 Å². The van der Waals surface area contributed by atoms with Gasteiger partial charge in [0, 0.05) is 0 Å². The van der Waals surface area contributed by atoms with Gasteiger partial charge in [-0.2, -0.15) is 0 Å². The van der Waals surface area contributed by atoms with E-state index in [2.05, 4.69) is 4.98 Å². The lowest BCUT2D eigenvalue weighted by atomic mass is 10.1. The van der Waals surface area contributed by atoms with Crippen molar-refractivity contribution in [2.45, 2.75) is 0 Å². The molecule has 0 aliphatic carbocycles. The second kappa shape index (κ2) is 2.60. The third kappa shape index (κ3) is 1.30. The van der Waals surface area contributed by atoms with Gasteiger partial charge in [0.05, 0.1) is 0 Å². The van der Waals surface area contributed by atoms with Gasteiger partial charge in [-0.1, -0.05) is 11.6 Å². The van der Waals surface area contributed by atoms with E-state index in [9.17, 15) is 4.79 Å². The fourth-order valence-electron chi connectivity index (χ4n) is 0.563. The second-order valence-electron chi connectivity index (χ2n) is 1.68. The number of aromatic carboxylic acids is 1. The van der Waals surface area contributed by atoms with Crippen LogP contribution in [0.4, 0.5) is 0 Å². The van der Waals surface area contributed by atoms with E-state index in [0.717, 1.165) is 0 Å². The second-order valence-corrected chi connectivity index (χ2v) is 3.46. The smallest absolute Gasteiger partial charge is 0.354 e. The zero-order valence-electron chi connectivity index (χ0n) is 5.09. The molecule has 0 radical (unpaired) electrons. The summed E-state index contributed by atoms with van der Waals surface area (Å²) < 4.78 is 0.910. The van der Waals surface area contributed by atoms with Crippen molar-refractivity contribution >= 4 is 41.5 Å². The topological polar surface area (TPSA) is 50.2 Å². The molecule has 6 heteroatoms. The number of carboxylic acids is 1. The third-order valence-electron chi connectivity index (χ3n) is 0.973. The van der Waals surface area contributed by atoms with Crippen molar-refractivity contribution in [1.82, 2.24) is 4.98 Å². The Kier molecular flexibility index (Phi) is 1.96. The zero-order chi connectivity index (χ0) is 7.72. The minimum atomic E-state index is -1.03. The molecular weight excluding hydrogens is 172 g/mol. The lowest BCUT2D eigenvalue weighted by Crippen LogP contribution is -2.10. The van der Waals surface area contributed by atoms with Gasteiger partial charge < -0.3 is 5.11 Å². The van der Waals surface area contributed by atoms with E-state index in [4.69, 9.17) is 16.7 Å². The van der Waals surface area contributed by atoms with Crippen molar-refractivity contribution in [3.63, 3.8) is 0 Å². The zero-order valence-corrected chi connectivity index (χ0v) is 6.66. The van der Waals surface area contributed by atoms with E-state index in [1.54, 1.807) is 7.85 Å². The third-order valence-corrected chi connectivity index (χ3v) is 2.05. The van der Waals surface area contributed by atoms with E-state index < -0.39 is 5.97 Å². The summed E-state index contributed by atoms with van der Waals surface area (Å²) in [5, 5.41) is 8.46. The molecule has 1 rings (SSSR count). The summed E-state index contributed by atoms with van der Waals surface area (Å²) in [7, 11) is 1.67. The Balaban J connectivity index is 3.15. The van der Waals surface area contributed by atoms with E-state index in [1.807, 2.05) is 0 Å². The van der Waals surface area contributed by atoms with Crippen LogP contribution in [0.5, 0.6) is 0 Å². The van der Waals surface area contributed by atoms with Gasteiger partial charge in [0.15, 0.2) is 18.0 Å². The molecule has 0 amide bonds. The maximum Gasteiger partial charge on any atom is 0.354 e. The molecule has 0 spiro atoms. The van der Waals surface area contributed by atoms with Crippen LogP contribution in [0.15, 0.2) is 0 Å². The summed E-state index contributed by atoms with van der Waals surface area (Å²) in [5.74, 6) is -1.03. The van der Waals surface area contributed by atoms with Gasteiger partial charge in [-0.15, -0.1) is 11.3 Å². The van der Waals surface area contributed by atoms with Gasteiger partial charge in [-0.05, 0) is 4.78 Å². The monoisotopic (exact) mass is 175 g/mol. The average molecular weight is 175 g/mol. The highest BCUT2D eigenvalue weighted by Crippen LogP contribution is 2.11. The van der Waals surface area contributed by atoms with E-state index in [0.29, 0.717) is 4.78 Å². The molecule has 1 heterocycles. The highest BCUT2D eigenvalue weighted by molar-refractivity contribution is 7.23. The fraction of sp³-hybridized carbons (Fsp3) is 0. The number of hydrogen-bond donors (Lipinski definition) is 1. The number of carbonyl (C=O) groups is 1. The molecule has 0 fully saturated rings. The molecule has 10 heavy (non-hydrogen) atoms. The molecule has 1 aromatic heterocycles. The molecule has 1 N–H and O–H groups in total. The van der Waals surface area contributed by atoms with Crippen molar-refractivity contribution in [2.24, 2.45) is 0 Å². The molecule has 1 aromatic rings. The first kappa shape index (κ1) is 7.56. The standard InChI is InChI=1S/C4H3BClNO2S/c5-2-1(3(8)9)7-4(6)10-2/h5H2,(H,8,9). The summed E-state index contributed by atoms with van der Waals surface area (Å²) in [6, 6.07) is 0. The van der Waals surface area contributed by atoms with Crippen LogP contribution in [-0.2, 0) is 0 Å². The SMILES string of the molecule is Bc1sc(Cl)nc1C(=O)O. The number of carboxylic acid groups (broad SMARTS) is 1. The Morgan fingerprint density at radius 1 is 1.80 bits per heavy atom. The minimum Gasteiger partial charge on any atom is -0.477 e. The van der Waals surface area contributed by atoms with Crippen LogP contribution in [0.2, 0.25) is 4.47 Å². The van der Waals surface area contributed by atoms with Crippen LogP contribution < -0.4 is 4.78 Å². The molecule has 3 nitrogen and oxygen atoms in total. The molecule has 0 saturated heterocycles. The fourth-order valence-corrected chi connectivity index (χ4v) is 1.61. The van der Waals surface area contributed by atoms with Crippen LogP contribution in [0, 0.1) is 0 Å². The summed E-state index contributed by atoms with van der Waals surface area (Å²) >= 11 is 6.62. The molecule has 0 saturated carbocycles. The van der Waals surface area contributed by atoms with Crippen molar-refractivity contribution in [3.05, 3.63) is 10.2 Å². The number of halogens is 1. The number of rotatable bonds is 1. The van der Waals surface area contributed by atoms with E-state index in [1.165, 1.54) is 11.3 Å². The summed E-state index contributed by atoms with van der Waals surface area (Å²) in [6.07, 6.45) is 0. The lowest BCUT2D eigenvalue weighted by Gasteiger charge is -1.84. The van der Waals surface area contributed by atoms with Crippen LogP contribution in [0.25, 0.3) is 0 Å². The maximum atomic E-state index is 10.3. The van der Waals surface area contributed by atoms with Crippen molar-refractivity contribution < 1.29 is 9.90 Å². The highest BCUT2D eigenvalue weighted by atomic mass is 35.5. The number of nitrogens with zero attached hydrogens (tertiary/aromatic N) is 1. The summed E-state index contributed by atoms with van der Waals surface area (Å²) in [4.78, 5) is 13.9. The van der Waals surface area contributed by atoms with Crippen LogP contribution in [0.3, 0.4) is 0 Å². The van der Waals surface area contributed by atoms with E-state index >= 15 is 0 Å². The maximum absolute atomic E-state index is 10.3. The Labute approximate surface area is 67.1 Å². The molecule has 0 unspecified atom stereocenters. The van der Waals surface area contributed by atoms with Crippen LogP contribution in [0.1, 0.15) is 10.5 Å². The average Bonchev–Trinajstić information content (AvgIpc) is 2.10. The van der Waals surface area contributed by atoms with Gasteiger partial charge in [0.2, 0.25) is 0 Å². The van der Waals surface area contributed by atoms with Gasteiger partial charge >= 0.3 is 5.97 Å². The molecule has 0 aromatic carbocycles. The van der Waals surface area contributed by atoms with Gasteiger partial charge in [-0.25, -0.2) is 9.78 Å². The lowest BCUT2D eigenvalue weighted by molar-refractivity contribution is 0.0693. The highest BCUT2D eigenvalue weighted by Gasteiger charge is 2.11. The number of thiazole rings is 1. The Bertz CT molecular complexity index is 274. The Hall–Kier alpha value is -0.545. The summed E-state index contributed by atoms with van der Waals surface area (Å²) in [5.41, 5.74) is 0.0509. The largest absolute Gasteiger partial charge is 0.477 e. The molecule has 0 aliphatic rings. The van der Waals surface area contributed by atoms with E-state index in [-0.39, 0.29) is 10.2 Å². The van der Waals surface area contributed by atoms with Crippen LogP contribution in [-0.4, -0.2) is 23.9 Å². The summed E-state index contributed by atoms with van der Waals surface area (Å²) in [6.45, 7) is 0. The number of hydrogen-bond acceptors (Lipinski definition) is 3. The molecule has 0 atom stereocenters. The first-order chi connectivity index (χ1) is 4.61. The predicted molar refractivity (Wildman–Crippen MR) is 42.3 cm³/mol. The molecule has 52 valence electrons. The molecular formula is C4H3BClNO2S. The van der Waals surface area contributed by atoms with Crippen LogP contribution >= 0.6 is 22.9 Å². The normalized spacial score (nSPS) is 9.70. The minimum absolute atomic E-state index is 0.0509. The first-order valence-electron chi connectivity index (χ1n) is 2.47. The Morgan fingerprint density at radius 2 is 2.40 bits per heavy atom. The first-order valence-corrected chi connectivity index (χ1v) is 3.67. The van der Waals surface area contributed by atoms with Crippen molar-refractivity contribution in [1.29, 1.82) is 0 Å².